The van der Waals surface area contributed by atoms with Crippen molar-refractivity contribution in [2.24, 2.45) is 5.10 Å². The summed E-state index contributed by atoms with van der Waals surface area (Å²) in [4.78, 5) is 3.89. The number of hydrogen-bond donors (Lipinski definition) is 1. The Hall–Kier alpha value is -2.37. The summed E-state index contributed by atoms with van der Waals surface area (Å²) in [6.45, 7) is 0. The number of benzene rings is 1. The van der Waals surface area contributed by atoms with Crippen LogP contribution in [0.25, 0.3) is 0 Å². The quantitative estimate of drug-likeness (QED) is 0.680. The molecule has 2 aromatic rings. The van der Waals surface area contributed by atoms with Gasteiger partial charge in [-0.2, -0.15) is 18.3 Å². The largest absolute Gasteiger partial charge is 0.416 e. The predicted octanol–water partition coefficient (Wildman–Crippen LogP) is 3.55. The highest BCUT2D eigenvalue weighted by atomic mass is 19.4. The zero-order valence-electron chi connectivity index (χ0n) is 9.72. The van der Waals surface area contributed by atoms with Gasteiger partial charge >= 0.3 is 6.18 Å². The molecule has 0 aliphatic heterocycles. The fourth-order valence-corrected chi connectivity index (χ4v) is 1.40. The summed E-state index contributed by atoms with van der Waals surface area (Å²) in [7, 11) is 0. The molecule has 1 heterocycles. The second-order valence-corrected chi connectivity index (χ2v) is 3.73. The molecule has 19 heavy (non-hydrogen) atoms. The zero-order chi connectivity index (χ0) is 13.7. The van der Waals surface area contributed by atoms with E-state index in [0.29, 0.717) is 0 Å². The molecule has 6 heteroatoms. The first-order valence-electron chi connectivity index (χ1n) is 5.42. The topological polar surface area (TPSA) is 37.3 Å². The molecular formula is C13H10F3N3. The van der Waals surface area contributed by atoms with Gasteiger partial charge in [-0.15, -0.1) is 0 Å². The summed E-state index contributed by atoms with van der Waals surface area (Å²) in [6.07, 6.45) is 0.340. The van der Waals surface area contributed by atoms with Gasteiger partial charge in [-0.1, -0.05) is 12.1 Å². The zero-order valence-corrected chi connectivity index (χ0v) is 9.72. The van der Waals surface area contributed by atoms with Crippen LogP contribution in [0.3, 0.4) is 0 Å². The molecule has 1 aromatic heterocycles. The van der Waals surface area contributed by atoms with Crippen molar-refractivity contribution in [1.82, 2.24) is 4.98 Å². The molecule has 0 fully saturated rings. The van der Waals surface area contributed by atoms with Crippen LogP contribution >= 0.6 is 0 Å². The number of rotatable bonds is 3. The maximum atomic E-state index is 12.5. The Bertz CT molecular complexity index is 565. The van der Waals surface area contributed by atoms with Gasteiger partial charge in [0.15, 0.2) is 0 Å². The van der Waals surface area contributed by atoms with Gasteiger partial charge in [-0.3, -0.25) is 10.4 Å². The first-order chi connectivity index (χ1) is 9.05. The molecule has 0 aliphatic rings. The number of nitrogens with zero attached hydrogens (tertiary/aromatic N) is 2. The van der Waals surface area contributed by atoms with Crippen LogP contribution in [0.15, 0.2) is 53.9 Å². The van der Waals surface area contributed by atoms with Gasteiger partial charge in [0.25, 0.3) is 0 Å². The minimum absolute atomic E-state index is 0.273. The number of nitrogens with one attached hydrogen (secondary N) is 1. The molecule has 1 aromatic carbocycles. The lowest BCUT2D eigenvalue weighted by Gasteiger charge is -2.07. The first-order valence-corrected chi connectivity index (χ1v) is 5.42. The van der Waals surface area contributed by atoms with Crippen LogP contribution in [-0.4, -0.2) is 11.2 Å². The Morgan fingerprint density at radius 2 is 2.00 bits per heavy atom. The molecule has 3 nitrogen and oxygen atoms in total. The number of halogens is 3. The van der Waals surface area contributed by atoms with E-state index >= 15 is 0 Å². The molecule has 0 aliphatic carbocycles. The predicted molar refractivity (Wildman–Crippen MR) is 66.9 cm³/mol. The summed E-state index contributed by atoms with van der Waals surface area (Å²) in [5.74, 6) is 0. The Morgan fingerprint density at radius 1 is 1.16 bits per heavy atom. The molecule has 0 atom stereocenters. The van der Waals surface area contributed by atoms with Gasteiger partial charge in [0, 0.05) is 18.0 Å². The third kappa shape index (κ3) is 3.80. The van der Waals surface area contributed by atoms with Crippen LogP contribution in [0, 0.1) is 0 Å². The summed E-state index contributed by atoms with van der Waals surface area (Å²) >= 11 is 0. The summed E-state index contributed by atoms with van der Waals surface area (Å²) in [5, 5.41) is 3.85. The van der Waals surface area contributed by atoms with Gasteiger partial charge in [-0.05, 0) is 24.3 Å². The molecule has 0 radical (unpaired) electrons. The molecule has 0 saturated heterocycles. The van der Waals surface area contributed by atoms with Gasteiger partial charge in [0.2, 0.25) is 0 Å². The van der Waals surface area contributed by atoms with Crippen molar-refractivity contribution in [2.45, 2.75) is 6.18 Å². The molecule has 1 N–H and O–H groups in total. The minimum Gasteiger partial charge on any atom is -0.278 e. The number of alkyl halides is 3. The second-order valence-electron chi connectivity index (χ2n) is 3.73. The van der Waals surface area contributed by atoms with Crippen LogP contribution in [0.4, 0.5) is 18.9 Å². The van der Waals surface area contributed by atoms with Gasteiger partial charge in [0.05, 0.1) is 17.5 Å². The molecule has 0 saturated carbocycles. The molecule has 0 unspecified atom stereocenters. The number of pyridine rings is 1. The van der Waals surface area contributed by atoms with E-state index in [2.05, 4.69) is 15.5 Å². The molecule has 0 amide bonds. The van der Waals surface area contributed by atoms with Crippen LogP contribution in [0.5, 0.6) is 0 Å². The normalized spacial score (nSPS) is 11.7. The van der Waals surface area contributed by atoms with Crippen LogP contribution in [-0.2, 0) is 6.18 Å². The standard InChI is InChI=1S/C13H10F3N3/c14-13(15,16)11-4-1-5-12(7-11)19-18-9-10-3-2-6-17-8-10/h1-9,19H. The smallest absolute Gasteiger partial charge is 0.278 e. The highest BCUT2D eigenvalue weighted by molar-refractivity contribution is 5.79. The van der Waals surface area contributed by atoms with E-state index in [1.807, 2.05) is 0 Å². The van der Waals surface area contributed by atoms with E-state index in [1.165, 1.54) is 18.3 Å². The summed E-state index contributed by atoms with van der Waals surface area (Å²) in [6, 6.07) is 8.37. The van der Waals surface area contributed by atoms with Crippen LogP contribution in [0.1, 0.15) is 11.1 Å². The lowest BCUT2D eigenvalue weighted by Crippen LogP contribution is -2.05. The second kappa shape index (κ2) is 5.51. The first kappa shape index (κ1) is 13.1. The van der Waals surface area contributed by atoms with Crippen molar-refractivity contribution in [3.05, 3.63) is 59.9 Å². The van der Waals surface area contributed by atoms with Crippen molar-refractivity contribution in [3.63, 3.8) is 0 Å². The van der Waals surface area contributed by atoms with Gasteiger partial charge < -0.3 is 0 Å². The average Bonchev–Trinajstić information content (AvgIpc) is 2.39. The maximum Gasteiger partial charge on any atom is 0.416 e. The lowest BCUT2D eigenvalue weighted by atomic mass is 10.2. The number of anilines is 1. The van der Waals surface area contributed by atoms with Crippen LogP contribution < -0.4 is 5.43 Å². The summed E-state index contributed by atoms with van der Waals surface area (Å²) < 4.78 is 37.4. The van der Waals surface area contributed by atoms with E-state index in [0.717, 1.165) is 17.7 Å². The van der Waals surface area contributed by atoms with E-state index in [1.54, 1.807) is 24.5 Å². The highest BCUT2D eigenvalue weighted by Crippen LogP contribution is 2.30. The third-order valence-corrected chi connectivity index (χ3v) is 2.28. The van der Waals surface area contributed by atoms with Gasteiger partial charge in [0.1, 0.15) is 0 Å². The fourth-order valence-electron chi connectivity index (χ4n) is 1.40. The van der Waals surface area contributed by atoms with Crippen LogP contribution in [0.2, 0.25) is 0 Å². The average molecular weight is 265 g/mol. The van der Waals surface area contributed by atoms with E-state index in [-0.39, 0.29) is 5.69 Å². The van der Waals surface area contributed by atoms with Crippen molar-refractivity contribution >= 4 is 11.9 Å². The van der Waals surface area contributed by atoms with Crippen molar-refractivity contribution in [3.8, 4) is 0 Å². The number of hydrogen-bond acceptors (Lipinski definition) is 3. The minimum atomic E-state index is -4.36. The van der Waals surface area contributed by atoms with Crippen molar-refractivity contribution in [2.75, 3.05) is 5.43 Å². The molecule has 0 spiro atoms. The maximum absolute atomic E-state index is 12.5. The number of hydrazone groups is 1. The molecule has 98 valence electrons. The van der Waals surface area contributed by atoms with E-state index < -0.39 is 11.7 Å². The monoisotopic (exact) mass is 265 g/mol. The lowest BCUT2D eigenvalue weighted by molar-refractivity contribution is -0.137. The Labute approximate surface area is 107 Å². The van der Waals surface area contributed by atoms with E-state index in [4.69, 9.17) is 0 Å². The van der Waals surface area contributed by atoms with Gasteiger partial charge in [-0.25, -0.2) is 0 Å². The highest BCUT2D eigenvalue weighted by Gasteiger charge is 2.30. The Balaban J connectivity index is 2.06. The Kier molecular flexibility index (Phi) is 3.79. The number of aromatic nitrogens is 1. The van der Waals surface area contributed by atoms with E-state index in [9.17, 15) is 13.2 Å². The third-order valence-electron chi connectivity index (χ3n) is 2.28. The Morgan fingerprint density at radius 3 is 2.68 bits per heavy atom. The van der Waals surface area contributed by atoms with Crippen molar-refractivity contribution < 1.29 is 13.2 Å². The molecule has 2 rings (SSSR count). The molecular weight excluding hydrogens is 255 g/mol. The SMILES string of the molecule is FC(F)(F)c1cccc(NN=Cc2cccnc2)c1. The fraction of sp³-hybridized carbons (Fsp3) is 0.0769. The van der Waals surface area contributed by atoms with Crippen molar-refractivity contribution in [1.29, 1.82) is 0 Å². The summed E-state index contributed by atoms with van der Waals surface area (Å²) in [5.41, 5.74) is 2.86. The molecule has 0 bridgehead atoms.